The summed E-state index contributed by atoms with van der Waals surface area (Å²) >= 11 is 0. The Hall–Kier alpha value is -3.96. The van der Waals surface area contributed by atoms with E-state index < -0.39 is 5.91 Å². The van der Waals surface area contributed by atoms with E-state index in [1.54, 1.807) is 18.3 Å². The quantitative estimate of drug-likeness (QED) is 0.451. The lowest BCUT2D eigenvalue weighted by atomic mass is 10.1. The SMILES string of the molecule is C[C@H]1CN(c2nc3ccccn3c(=O)c2/C=C(\C#N)C(=O)NCCc2ccccc2)C[C@H](C)O1. The number of pyridine rings is 1. The van der Waals surface area contributed by atoms with Gasteiger partial charge in [-0.05, 0) is 44.0 Å². The Bertz CT molecular complexity index is 1300. The molecule has 8 nitrogen and oxygen atoms in total. The highest BCUT2D eigenvalue weighted by molar-refractivity contribution is 6.02. The van der Waals surface area contributed by atoms with Crippen molar-refractivity contribution in [1.82, 2.24) is 14.7 Å². The van der Waals surface area contributed by atoms with E-state index in [-0.39, 0.29) is 28.9 Å². The molecule has 0 bridgehead atoms. The Morgan fingerprint density at radius 3 is 2.59 bits per heavy atom. The van der Waals surface area contributed by atoms with Gasteiger partial charge < -0.3 is 15.0 Å². The highest BCUT2D eigenvalue weighted by Crippen LogP contribution is 2.23. The van der Waals surface area contributed by atoms with Gasteiger partial charge in [-0.3, -0.25) is 14.0 Å². The Labute approximate surface area is 198 Å². The van der Waals surface area contributed by atoms with Crippen molar-refractivity contribution in [2.75, 3.05) is 24.5 Å². The van der Waals surface area contributed by atoms with Crippen LogP contribution in [0.2, 0.25) is 0 Å². The Morgan fingerprint density at radius 2 is 1.88 bits per heavy atom. The lowest BCUT2D eigenvalue weighted by Gasteiger charge is -2.36. The van der Waals surface area contributed by atoms with E-state index in [9.17, 15) is 14.9 Å². The van der Waals surface area contributed by atoms with Crippen molar-refractivity contribution in [1.29, 1.82) is 5.26 Å². The number of aromatic nitrogens is 2. The first-order chi connectivity index (χ1) is 16.5. The predicted octanol–water partition coefficient (Wildman–Crippen LogP) is 2.57. The van der Waals surface area contributed by atoms with E-state index in [1.165, 1.54) is 10.5 Å². The van der Waals surface area contributed by atoms with Crippen molar-refractivity contribution >= 4 is 23.4 Å². The second kappa shape index (κ2) is 10.3. The number of rotatable bonds is 6. The molecular weight excluding hydrogens is 430 g/mol. The fraction of sp³-hybridized carbons (Fsp3) is 0.308. The molecule has 0 aliphatic carbocycles. The number of carbonyl (C=O) groups is 1. The van der Waals surface area contributed by atoms with E-state index >= 15 is 0 Å². The molecule has 0 saturated carbocycles. The highest BCUT2D eigenvalue weighted by Gasteiger charge is 2.27. The van der Waals surface area contributed by atoms with Crippen molar-refractivity contribution in [3.05, 3.63) is 81.8 Å². The average molecular weight is 458 g/mol. The van der Waals surface area contributed by atoms with E-state index in [4.69, 9.17) is 9.72 Å². The number of carbonyl (C=O) groups excluding carboxylic acids is 1. The largest absolute Gasteiger partial charge is 0.372 e. The number of nitriles is 1. The fourth-order valence-electron chi connectivity index (χ4n) is 4.16. The first-order valence-corrected chi connectivity index (χ1v) is 11.3. The van der Waals surface area contributed by atoms with E-state index in [1.807, 2.05) is 61.2 Å². The average Bonchev–Trinajstić information content (AvgIpc) is 2.83. The first kappa shape index (κ1) is 23.2. The summed E-state index contributed by atoms with van der Waals surface area (Å²) in [5.74, 6) is -0.0753. The molecule has 8 heteroatoms. The molecule has 1 saturated heterocycles. The molecule has 1 amide bonds. The summed E-state index contributed by atoms with van der Waals surface area (Å²) in [5, 5.41) is 12.5. The number of amides is 1. The van der Waals surface area contributed by atoms with Crippen molar-refractivity contribution in [3.63, 3.8) is 0 Å². The van der Waals surface area contributed by atoms with Gasteiger partial charge in [0.15, 0.2) is 0 Å². The van der Waals surface area contributed by atoms with Crippen molar-refractivity contribution < 1.29 is 9.53 Å². The molecular formula is C26H27N5O3. The van der Waals surface area contributed by atoms with Crippen molar-refractivity contribution in [2.45, 2.75) is 32.5 Å². The summed E-state index contributed by atoms with van der Waals surface area (Å²) < 4.78 is 7.25. The minimum Gasteiger partial charge on any atom is -0.372 e. The van der Waals surface area contributed by atoms with Crippen LogP contribution in [-0.4, -0.2) is 47.1 Å². The molecule has 4 rings (SSSR count). The molecule has 174 valence electrons. The van der Waals surface area contributed by atoms with Gasteiger partial charge in [-0.15, -0.1) is 0 Å². The zero-order valence-electron chi connectivity index (χ0n) is 19.3. The second-order valence-corrected chi connectivity index (χ2v) is 8.41. The second-order valence-electron chi connectivity index (χ2n) is 8.41. The summed E-state index contributed by atoms with van der Waals surface area (Å²) in [6.07, 6.45) is 3.52. The number of ether oxygens (including phenoxy) is 1. The Morgan fingerprint density at radius 1 is 1.18 bits per heavy atom. The first-order valence-electron chi connectivity index (χ1n) is 11.3. The summed E-state index contributed by atoms with van der Waals surface area (Å²) in [6.45, 7) is 5.40. The maximum absolute atomic E-state index is 13.4. The van der Waals surface area contributed by atoms with Gasteiger partial charge in [-0.2, -0.15) is 5.26 Å². The zero-order valence-corrected chi connectivity index (χ0v) is 19.3. The molecule has 1 aliphatic rings. The summed E-state index contributed by atoms with van der Waals surface area (Å²) in [6, 6.07) is 17.0. The lowest BCUT2D eigenvalue weighted by Crippen LogP contribution is -2.46. The number of fused-ring (bicyclic) bond motifs is 1. The molecule has 0 unspecified atom stereocenters. The standard InChI is InChI=1S/C26H27N5O3/c1-18-16-30(17-19(2)34-18)24-22(26(33)31-13-7-6-10-23(31)29-24)14-21(15-27)25(32)28-12-11-20-8-4-3-5-9-20/h3-10,13-14,18-19H,11-12,16-17H2,1-2H3,(H,28,32)/b21-14+/t18-,19-/m0/s1. The smallest absolute Gasteiger partial charge is 0.267 e. The van der Waals surface area contributed by atoms with Gasteiger partial charge in [0.2, 0.25) is 0 Å². The lowest BCUT2D eigenvalue weighted by molar-refractivity contribution is -0.117. The van der Waals surface area contributed by atoms with Crippen LogP contribution in [0.1, 0.15) is 25.0 Å². The maximum Gasteiger partial charge on any atom is 0.267 e. The van der Waals surface area contributed by atoms with Gasteiger partial charge in [-0.1, -0.05) is 36.4 Å². The molecule has 3 aromatic rings. The molecule has 1 aromatic carbocycles. The van der Waals surface area contributed by atoms with E-state index in [0.717, 1.165) is 5.56 Å². The molecule has 0 radical (unpaired) electrons. The van der Waals surface area contributed by atoms with Crippen molar-refractivity contribution in [2.24, 2.45) is 0 Å². The van der Waals surface area contributed by atoms with Crippen LogP contribution in [0.15, 0.2) is 65.1 Å². The topological polar surface area (TPSA) is 99.7 Å². The third-order valence-electron chi connectivity index (χ3n) is 5.66. The number of hydrogen-bond acceptors (Lipinski definition) is 6. The molecule has 0 spiro atoms. The van der Waals surface area contributed by atoms with Crippen LogP contribution in [0.5, 0.6) is 0 Å². The molecule has 2 atom stereocenters. The van der Waals surface area contributed by atoms with Crippen LogP contribution in [-0.2, 0) is 16.0 Å². The molecule has 34 heavy (non-hydrogen) atoms. The monoisotopic (exact) mass is 457 g/mol. The molecule has 3 heterocycles. The fourth-order valence-corrected chi connectivity index (χ4v) is 4.16. The van der Waals surface area contributed by atoms with Gasteiger partial charge >= 0.3 is 0 Å². The van der Waals surface area contributed by atoms with Crippen LogP contribution in [0, 0.1) is 11.3 Å². The Kier molecular flexibility index (Phi) is 7.04. The molecule has 2 aromatic heterocycles. The minimum absolute atomic E-state index is 0.0478. The van der Waals surface area contributed by atoms with Crippen LogP contribution in [0.25, 0.3) is 11.7 Å². The predicted molar refractivity (Wildman–Crippen MR) is 130 cm³/mol. The maximum atomic E-state index is 13.4. The zero-order chi connectivity index (χ0) is 24.1. The summed E-state index contributed by atoms with van der Waals surface area (Å²) in [4.78, 5) is 32.9. The highest BCUT2D eigenvalue weighted by atomic mass is 16.5. The number of nitrogens with zero attached hydrogens (tertiary/aromatic N) is 4. The van der Waals surface area contributed by atoms with Crippen LogP contribution in [0.3, 0.4) is 0 Å². The number of morpholine rings is 1. The van der Waals surface area contributed by atoms with Crippen molar-refractivity contribution in [3.8, 4) is 6.07 Å². The van der Waals surface area contributed by atoms with Gasteiger partial charge in [0, 0.05) is 25.8 Å². The van der Waals surface area contributed by atoms with Gasteiger partial charge in [-0.25, -0.2) is 4.98 Å². The summed E-state index contributed by atoms with van der Waals surface area (Å²) in [5.41, 5.74) is 1.31. The number of benzene rings is 1. The Balaban J connectivity index is 1.68. The normalized spacial score (nSPS) is 18.5. The van der Waals surface area contributed by atoms with E-state index in [2.05, 4.69) is 5.32 Å². The molecule has 1 fully saturated rings. The minimum atomic E-state index is -0.523. The van der Waals surface area contributed by atoms with Crippen LogP contribution in [0.4, 0.5) is 5.82 Å². The van der Waals surface area contributed by atoms with Crippen LogP contribution >= 0.6 is 0 Å². The van der Waals surface area contributed by atoms with Gasteiger partial charge in [0.1, 0.15) is 23.1 Å². The summed E-state index contributed by atoms with van der Waals surface area (Å²) in [7, 11) is 0. The third kappa shape index (κ3) is 5.16. The third-order valence-corrected chi connectivity index (χ3v) is 5.66. The molecule has 1 N–H and O–H groups in total. The van der Waals surface area contributed by atoms with Gasteiger partial charge in [0.05, 0.1) is 17.8 Å². The number of nitrogens with one attached hydrogen (secondary N) is 1. The van der Waals surface area contributed by atoms with Crippen LogP contribution < -0.4 is 15.8 Å². The van der Waals surface area contributed by atoms with E-state index in [0.29, 0.717) is 37.5 Å². The molecule has 1 aliphatic heterocycles. The van der Waals surface area contributed by atoms with Gasteiger partial charge in [0.25, 0.3) is 11.5 Å². The number of anilines is 1. The number of hydrogen-bond donors (Lipinski definition) is 1.